The van der Waals surface area contributed by atoms with Gasteiger partial charge in [-0.3, -0.25) is 0 Å². The van der Waals surface area contributed by atoms with Gasteiger partial charge in [-0.15, -0.1) is 0 Å². The molecule has 0 aromatic carbocycles. The molecular weight excluding hydrogens is 364 g/mol. The highest BCUT2D eigenvalue weighted by atomic mass is 28.4. The van der Waals surface area contributed by atoms with E-state index in [-0.39, 0.29) is 10.1 Å². The van der Waals surface area contributed by atoms with Crippen molar-refractivity contribution in [3.8, 4) is 0 Å². The molecule has 0 N–H and O–H groups in total. The van der Waals surface area contributed by atoms with Crippen LogP contribution in [0.5, 0.6) is 0 Å². The lowest BCUT2D eigenvalue weighted by Crippen LogP contribution is -2.46. The van der Waals surface area contributed by atoms with Gasteiger partial charge in [0.05, 0.1) is 0 Å². The highest BCUT2D eigenvalue weighted by Gasteiger charge is 2.41. The van der Waals surface area contributed by atoms with E-state index in [1.165, 1.54) is 0 Å². The van der Waals surface area contributed by atoms with Crippen LogP contribution in [0.15, 0.2) is 11.6 Å². The molecule has 27 heavy (non-hydrogen) atoms. The molecule has 0 saturated heterocycles. The van der Waals surface area contributed by atoms with E-state index in [0.29, 0.717) is 18.1 Å². The van der Waals surface area contributed by atoms with Crippen LogP contribution >= 0.6 is 0 Å². The van der Waals surface area contributed by atoms with Gasteiger partial charge in [0.25, 0.3) is 0 Å². The van der Waals surface area contributed by atoms with Gasteiger partial charge in [0.15, 0.2) is 16.6 Å². The van der Waals surface area contributed by atoms with Gasteiger partial charge in [0, 0.05) is 12.2 Å². The highest BCUT2D eigenvalue weighted by molar-refractivity contribution is 6.74. The summed E-state index contributed by atoms with van der Waals surface area (Å²) >= 11 is 0. The summed E-state index contributed by atoms with van der Waals surface area (Å²) in [5.41, 5.74) is 1.56. The molecule has 4 heteroatoms. The SMILES string of the molecule is CC(C)/C1=C/C[C@@H](O[Si](C)(C)C(C)(C)C)CC[C@@H](O[Si](C)(C)C(C)(C)C)C1. The molecule has 0 amide bonds. The molecule has 1 aliphatic carbocycles. The van der Waals surface area contributed by atoms with Crippen molar-refractivity contribution >= 4 is 16.6 Å². The maximum atomic E-state index is 6.86. The Morgan fingerprint density at radius 1 is 0.815 bits per heavy atom. The summed E-state index contributed by atoms with van der Waals surface area (Å²) in [6.45, 7) is 28.2. The zero-order chi connectivity index (χ0) is 21.3. The van der Waals surface area contributed by atoms with E-state index >= 15 is 0 Å². The number of hydrogen-bond acceptors (Lipinski definition) is 2. The molecule has 0 bridgehead atoms. The third-order valence-corrected chi connectivity index (χ3v) is 16.3. The van der Waals surface area contributed by atoms with Gasteiger partial charge < -0.3 is 8.85 Å². The smallest absolute Gasteiger partial charge is 0.192 e. The fourth-order valence-electron chi connectivity index (χ4n) is 3.09. The van der Waals surface area contributed by atoms with Crippen molar-refractivity contribution in [3.63, 3.8) is 0 Å². The van der Waals surface area contributed by atoms with Gasteiger partial charge in [-0.25, -0.2) is 0 Å². The minimum atomic E-state index is -1.75. The molecule has 0 radical (unpaired) electrons. The van der Waals surface area contributed by atoms with E-state index in [4.69, 9.17) is 8.85 Å². The molecule has 1 rings (SSSR count). The zero-order valence-corrected chi connectivity index (χ0v) is 22.5. The molecule has 1 aliphatic rings. The quantitative estimate of drug-likeness (QED) is 0.337. The summed E-state index contributed by atoms with van der Waals surface area (Å²) in [5, 5.41) is 0.519. The molecule has 0 saturated carbocycles. The Morgan fingerprint density at radius 2 is 1.22 bits per heavy atom. The monoisotopic (exact) mass is 412 g/mol. The number of hydrogen-bond donors (Lipinski definition) is 0. The van der Waals surface area contributed by atoms with E-state index in [1.807, 2.05) is 0 Å². The first-order chi connectivity index (χ1) is 12.0. The maximum absolute atomic E-state index is 6.86. The molecule has 0 unspecified atom stereocenters. The van der Waals surface area contributed by atoms with Gasteiger partial charge in [-0.1, -0.05) is 67.0 Å². The van der Waals surface area contributed by atoms with Gasteiger partial charge in [-0.05, 0) is 67.9 Å². The van der Waals surface area contributed by atoms with E-state index in [9.17, 15) is 0 Å². The third kappa shape index (κ3) is 7.13. The first-order valence-corrected chi connectivity index (χ1v) is 16.8. The van der Waals surface area contributed by atoms with Crippen LogP contribution in [0.25, 0.3) is 0 Å². The van der Waals surface area contributed by atoms with E-state index in [2.05, 4.69) is 87.7 Å². The lowest BCUT2D eigenvalue weighted by Gasteiger charge is -2.42. The summed E-state index contributed by atoms with van der Waals surface area (Å²) in [7, 11) is -3.49. The average Bonchev–Trinajstić information content (AvgIpc) is 2.42. The van der Waals surface area contributed by atoms with Crippen molar-refractivity contribution in [1.82, 2.24) is 0 Å². The standard InChI is InChI=1S/C23H48O2Si2/c1-18(2)19-13-14-20(24-26(9,10)22(3,4)5)15-16-21(17-19)25-27(11,12)23(6,7)8/h13,18,20-21H,14-17H2,1-12H3/b19-13+/t20-,21-/m1/s1. The third-order valence-electron chi connectivity index (χ3n) is 7.19. The Hall–Kier alpha value is 0.0938. The molecule has 0 heterocycles. The summed E-state index contributed by atoms with van der Waals surface area (Å²) in [6.07, 6.45) is 7.55. The summed E-state index contributed by atoms with van der Waals surface area (Å²) in [6, 6.07) is 0. The van der Waals surface area contributed by atoms with Crippen molar-refractivity contribution in [2.75, 3.05) is 0 Å². The van der Waals surface area contributed by atoms with Crippen molar-refractivity contribution in [3.05, 3.63) is 11.6 Å². The van der Waals surface area contributed by atoms with Crippen LogP contribution in [-0.2, 0) is 8.85 Å². The van der Waals surface area contributed by atoms with E-state index in [0.717, 1.165) is 25.7 Å². The number of rotatable bonds is 5. The second kappa shape index (κ2) is 8.85. The average molecular weight is 413 g/mol. The predicted octanol–water partition coefficient (Wildman–Crippen LogP) is 7.92. The predicted molar refractivity (Wildman–Crippen MR) is 126 cm³/mol. The highest BCUT2D eigenvalue weighted by Crippen LogP contribution is 2.41. The fraction of sp³-hybridized carbons (Fsp3) is 0.913. The Bertz CT molecular complexity index is 507. The molecule has 0 fully saturated rings. The first kappa shape index (κ1) is 25.1. The lowest BCUT2D eigenvalue weighted by molar-refractivity contribution is 0.118. The minimum Gasteiger partial charge on any atom is -0.414 e. The molecule has 2 nitrogen and oxygen atoms in total. The first-order valence-electron chi connectivity index (χ1n) is 11.0. The lowest BCUT2D eigenvalue weighted by atomic mass is 9.90. The van der Waals surface area contributed by atoms with Gasteiger partial charge in [0.1, 0.15) is 0 Å². The molecule has 160 valence electrons. The summed E-state index contributed by atoms with van der Waals surface area (Å²) in [4.78, 5) is 0. The van der Waals surface area contributed by atoms with Gasteiger partial charge in [-0.2, -0.15) is 0 Å². The van der Waals surface area contributed by atoms with Gasteiger partial charge >= 0.3 is 0 Å². The molecule has 0 aliphatic heterocycles. The van der Waals surface area contributed by atoms with E-state index in [1.54, 1.807) is 5.57 Å². The van der Waals surface area contributed by atoms with Crippen LogP contribution in [0.2, 0.25) is 36.3 Å². The van der Waals surface area contributed by atoms with Crippen LogP contribution < -0.4 is 0 Å². The minimum absolute atomic E-state index is 0.258. The van der Waals surface area contributed by atoms with Crippen molar-refractivity contribution < 1.29 is 8.85 Å². The molecule has 2 atom stereocenters. The second-order valence-corrected chi connectivity index (χ2v) is 21.5. The van der Waals surface area contributed by atoms with Crippen LogP contribution in [0, 0.1) is 5.92 Å². The van der Waals surface area contributed by atoms with Gasteiger partial charge in [0.2, 0.25) is 0 Å². The Labute approximate surface area is 172 Å². The van der Waals surface area contributed by atoms with Crippen LogP contribution in [0.4, 0.5) is 0 Å². The Kier molecular flexibility index (Phi) is 8.24. The topological polar surface area (TPSA) is 18.5 Å². The van der Waals surface area contributed by atoms with Crippen LogP contribution in [0.1, 0.15) is 81.1 Å². The fourth-order valence-corrected chi connectivity index (χ4v) is 5.88. The zero-order valence-electron chi connectivity index (χ0n) is 20.5. The molecule has 0 aromatic heterocycles. The van der Waals surface area contributed by atoms with E-state index < -0.39 is 16.6 Å². The van der Waals surface area contributed by atoms with Crippen molar-refractivity contribution in [2.24, 2.45) is 5.92 Å². The maximum Gasteiger partial charge on any atom is 0.192 e. The molecule has 0 aromatic rings. The molecule has 0 spiro atoms. The largest absolute Gasteiger partial charge is 0.414 e. The normalized spacial score (nSPS) is 25.7. The van der Waals surface area contributed by atoms with Crippen LogP contribution in [0.3, 0.4) is 0 Å². The molecular formula is C23H48O2Si2. The Morgan fingerprint density at radius 3 is 1.63 bits per heavy atom. The van der Waals surface area contributed by atoms with Crippen LogP contribution in [-0.4, -0.2) is 28.8 Å². The Balaban J connectivity index is 2.99. The van der Waals surface area contributed by atoms with Crippen molar-refractivity contribution in [1.29, 1.82) is 0 Å². The second-order valence-electron chi connectivity index (χ2n) is 12.0. The summed E-state index contributed by atoms with van der Waals surface area (Å²) < 4.78 is 13.7. The van der Waals surface area contributed by atoms with Crippen molar-refractivity contribution in [2.45, 2.75) is 130 Å². The summed E-state index contributed by atoms with van der Waals surface area (Å²) in [5.74, 6) is 0.585.